The average Bonchev–Trinajstić information content (AvgIpc) is 2.38. The van der Waals surface area contributed by atoms with Gasteiger partial charge in [-0.25, -0.2) is 0 Å². The predicted molar refractivity (Wildman–Crippen MR) is 74.0 cm³/mol. The van der Waals surface area contributed by atoms with E-state index in [1.54, 1.807) is 0 Å². The van der Waals surface area contributed by atoms with Crippen molar-refractivity contribution in [3.05, 3.63) is 30.1 Å². The van der Waals surface area contributed by atoms with E-state index in [1.165, 1.54) is 44.1 Å². The van der Waals surface area contributed by atoms with Gasteiger partial charge in [-0.15, -0.1) is 0 Å². The minimum Gasteiger partial charge on any atom is -0.310 e. The third kappa shape index (κ3) is 6.42. The van der Waals surface area contributed by atoms with Crippen molar-refractivity contribution in [2.75, 3.05) is 6.54 Å². The maximum atomic E-state index is 4.14. The summed E-state index contributed by atoms with van der Waals surface area (Å²) in [6, 6.07) is 4.55. The van der Waals surface area contributed by atoms with Crippen LogP contribution >= 0.6 is 0 Å². The lowest BCUT2D eigenvalue weighted by atomic mass is 10.1. The van der Waals surface area contributed by atoms with E-state index in [0.29, 0.717) is 6.04 Å². The maximum absolute atomic E-state index is 4.14. The molecule has 1 heterocycles. The summed E-state index contributed by atoms with van der Waals surface area (Å²) in [7, 11) is 0. The SMILES string of the molecule is CCCCCCCCN[C@H](C)c1cccnc1. The molecule has 0 aliphatic heterocycles. The average molecular weight is 234 g/mol. The van der Waals surface area contributed by atoms with Crippen molar-refractivity contribution in [2.24, 2.45) is 0 Å². The Morgan fingerprint density at radius 3 is 2.65 bits per heavy atom. The largest absolute Gasteiger partial charge is 0.310 e. The van der Waals surface area contributed by atoms with Gasteiger partial charge >= 0.3 is 0 Å². The van der Waals surface area contributed by atoms with Gasteiger partial charge in [-0.1, -0.05) is 45.1 Å². The van der Waals surface area contributed by atoms with E-state index >= 15 is 0 Å². The second-order valence-corrected chi connectivity index (χ2v) is 4.73. The summed E-state index contributed by atoms with van der Waals surface area (Å²) in [6.45, 7) is 5.58. The Kier molecular flexibility index (Phi) is 7.65. The summed E-state index contributed by atoms with van der Waals surface area (Å²) in [4.78, 5) is 4.14. The molecule has 1 atom stereocenters. The zero-order valence-corrected chi connectivity index (χ0v) is 11.3. The molecule has 0 unspecified atom stereocenters. The molecule has 1 rings (SSSR count). The van der Waals surface area contributed by atoms with Crippen molar-refractivity contribution in [3.8, 4) is 0 Å². The van der Waals surface area contributed by atoms with Crippen molar-refractivity contribution in [2.45, 2.75) is 58.4 Å². The van der Waals surface area contributed by atoms with Crippen LogP contribution in [0.5, 0.6) is 0 Å². The first kappa shape index (κ1) is 14.2. The van der Waals surface area contributed by atoms with E-state index in [2.05, 4.69) is 30.2 Å². The van der Waals surface area contributed by atoms with Crippen LogP contribution in [0.15, 0.2) is 24.5 Å². The summed E-state index contributed by atoms with van der Waals surface area (Å²) < 4.78 is 0. The van der Waals surface area contributed by atoms with Gasteiger partial charge in [-0.05, 0) is 31.5 Å². The lowest BCUT2D eigenvalue weighted by Gasteiger charge is -2.13. The minimum absolute atomic E-state index is 0.416. The molecule has 0 fully saturated rings. The number of aromatic nitrogens is 1. The van der Waals surface area contributed by atoms with Gasteiger partial charge in [0.05, 0.1) is 0 Å². The van der Waals surface area contributed by atoms with Crippen LogP contribution in [-0.2, 0) is 0 Å². The Bertz CT molecular complexity index is 272. The lowest BCUT2D eigenvalue weighted by Crippen LogP contribution is -2.19. The second kappa shape index (κ2) is 9.17. The molecule has 0 spiro atoms. The molecular formula is C15H26N2. The van der Waals surface area contributed by atoms with Crippen LogP contribution in [0.25, 0.3) is 0 Å². The van der Waals surface area contributed by atoms with E-state index in [0.717, 1.165) is 6.54 Å². The fraction of sp³-hybridized carbons (Fsp3) is 0.667. The van der Waals surface area contributed by atoms with E-state index in [1.807, 2.05) is 18.5 Å². The number of unbranched alkanes of at least 4 members (excludes halogenated alkanes) is 5. The molecule has 2 nitrogen and oxygen atoms in total. The summed E-state index contributed by atoms with van der Waals surface area (Å²) >= 11 is 0. The fourth-order valence-corrected chi connectivity index (χ4v) is 1.97. The molecule has 0 aliphatic rings. The molecule has 0 aromatic carbocycles. The van der Waals surface area contributed by atoms with Crippen molar-refractivity contribution in [1.82, 2.24) is 10.3 Å². The quantitative estimate of drug-likeness (QED) is 0.651. The monoisotopic (exact) mass is 234 g/mol. The molecule has 0 amide bonds. The van der Waals surface area contributed by atoms with Gasteiger partial charge < -0.3 is 5.32 Å². The highest BCUT2D eigenvalue weighted by molar-refractivity contribution is 5.12. The zero-order chi connectivity index (χ0) is 12.3. The smallest absolute Gasteiger partial charge is 0.0315 e. The predicted octanol–water partition coefficient (Wildman–Crippen LogP) is 4.09. The Balaban J connectivity index is 2.03. The Morgan fingerprint density at radius 2 is 1.94 bits per heavy atom. The van der Waals surface area contributed by atoms with Crippen molar-refractivity contribution >= 4 is 0 Å². The molecule has 96 valence electrons. The van der Waals surface area contributed by atoms with E-state index in [4.69, 9.17) is 0 Å². The highest BCUT2D eigenvalue weighted by Crippen LogP contribution is 2.10. The van der Waals surface area contributed by atoms with E-state index in [9.17, 15) is 0 Å². The number of hydrogen-bond acceptors (Lipinski definition) is 2. The van der Waals surface area contributed by atoms with Gasteiger partial charge in [0.25, 0.3) is 0 Å². The number of rotatable bonds is 9. The molecule has 0 saturated carbocycles. The summed E-state index contributed by atoms with van der Waals surface area (Å²) in [5, 5.41) is 3.55. The first-order chi connectivity index (χ1) is 8.34. The van der Waals surface area contributed by atoms with Gasteiger partial charge in [-0.3, -0.25) is 4.98 Å². The summed E-state index contributed by atoms with van der Waals surface area (Å²) in [6.07, 6.45) is 11.9. The number of pyridine rings is 1. The molecule has 0 bridgehead atoms. The first-order valence-electron chi connectivity index (χ1n) is 6.98. The van der Waals surface area contributed by atoms with Crippen molar-refractivity contribution in [3.63, 3.8) is 0 Å². The van der Waals surface area contributed by atoms with Gasteiger partial charge in [0.15, 0.2) is 0 Å². The molecule has 1 aromatic rings. The summed E-state index contributed by atoms with van der Waals surface area (Å²) in [5.41, 5.74) is 1.28. The Morgan fingerprint density at radius 1 is 1.18 bits per heavy atom. The Hall–Kier alpha value is -0.890. The van der Waals surface area contributed by atoms with Gasteiger partial charge in [0.1, 0.15) is 0 Å². The van der Waals surface area contributed by atoms with Crippen molar-refractivity contribution < 1.29 is 0 Å². The normalized spacial score (nSPS) is 12.6. The van der Waals surface area contributed by atoms with Crippen LogP contribution in [0.2, 0.25) is 0 Å². The molecule has 0 radical (unpaired) electrons. The maximum Gasteiger partial charge on any atom is 0.0315 e. The van der Waals surface area contributed by atoms with Crippen LogP contribution in [0, 0.1) is 0 Å². The van der Waals surface area contributed by atoms with Crippen LogP contribution in [0.1, 0.15) is 64.0 Å². The topological polar surface area (TPSA) is 24.9 Å². The molecule has 2 heteroatoms. The second-order valence-electron chi connectivity index (χ2n) is 4.73. The lowest BCUT2D eigenvalue weighted by molar-refractivity contribution is 0.526. The number of hydrogen-bond donors (Lipinski definition) is 1. The van der Waals surface area contributed by atoms with Crippen LogP contribution in [0.4, 0.5) is 0 Å². The number of nitrogens with one attached hydrogen (secondary N) is 1. The van der Waals surface area contributed by atoms with E-state index < -0.39 is 0 Å². The molecule has 0 saturated heterocycles. The molecular weight excluding hydrogens is 208 g/mol. The molecule has 1 aromatic heterocycles. The van der Waals surface area contributed by atoms with E-state index in [-0.39, 0.29) is 0 Å². The third-order valence-corrected chi connectivity index (χ3v) is 3.17. The standard InChI is InChI=1S/C15H26N2/c1-3-4-5-6-7-8-12-17-14(2)15-10-9-11-16-13-15/h9-11,13-14,17H,3-8,12H2,1-2H3/t14-/m1/s1. The molecule has 0 aliphatic carbocycles. The van der Waals surface area contributed by atoms with Crippen LogP contribution in [-0.4, -0.2) is 11.5 Å². The van der Waals surface area contributed by atoms with Gasteiger partial charge in [0, 0.05) is 18.4 Å². The number of nitrogens with zero attached hydrogens (tertiary/aromatic N) is 1. The van der Waals surface area contributed by atoms with Crippen molar-refractivity contribution in [1.29, 1.82) is 0 Å². The first-order valence-corrected chi connectivity index (χ1v) is 6.98. The zero-order valence-electron chi connectivity index (χ0n) is 11.3. The molecule has 17 heavy (non-hydrogen) atoms. The van der Waals surface area contributed by atoms with Crippen LogP contribution < -0.4 is 5.32 Å². The summed E-state index contributed by atoms with van der Waals surface area (Å²) in [5.74, 6) is 0. The highest BCUT2D eigenvalue weighted by atomic mass is 14.9. The van der Waals surface area contributed by atoms with Gasteiger partial charge in [-0.2, -0.15) is 0 Å². The molecule has 1 N–H and O–H groups in total. The van der Waals surface area contributed by atoms with Gasteiger partial charge in [0.2, 0.25) is 0 Å². The Labute approximate surface area is 106 Å². The van der Waals surface area contributed by atoms with Crippen LogP contribution in [0.3, 0.4) is 0 Å². The third-order valence-electron chi connectivity index (χ3n) is 3.17. The fourth-order valence-electron chi connectivity index (χ4n) is 1.97. The highest BCUT2D eigenvalue weighted by Gasteiger charge is 2.02. The minimum atomic E-state index is 0.416.